The Bertz CT molecular complexity index is 334. The van der Waals surface area contributed by atoms with Crippen LogP contribution in [0, 0.1) is 0 Å². The van der Waals surface area contributed by atoms with Crippen LogP contribution in [0.25, 0.3) is 0 Å². The molecule has 0 aromatic heterocycles. The highest BCUT2D eigenvalue weighted by Gasteiger charge is 2.13. The van der Waals surface area contributed by atoms with Crippen molar-refractivity contribution in [2.24, 2.45) is 0 Å². The van der Waals surface area contributed by atoms with Crippen molar-refractivity contribution in [3.8, 4) is 0 Å². The van der Waals surface area contributed by atoms with E-state index in [4.69, 9.17) is 9.47 Å². The fourth-order valence-corrected chi connectivity index (χ4v) is 2.19. The van der Waals surface area contributed by atoms with E-state index in [-0.39, 0.29) is 5.44 Å². The second-order valence-corrected chi connectivity index (χ2v) is 5.88. The number of carbonyl (C=O) groups is 2. The van der Waals surface area contributed by atoms with Crippen LogP contribution in [-0.2, 0) is 14.3 Å². The van der Waals surface area contributed by atoms with Gasteiger partial charge in [-0.05, 0) is 20.3 Å². The maximum absolute atomic E-state index is 11.5. The number of hydrogen-bond donors (Lipinski definition) is 1. The first-order chi connectivity index (χ1) is 10.0. The van der Waals surface area contributed by atoms with Gasteiger partial charge in [-0.3, -0.25) is 0 Å². The molecule has 0 fully saturated rings. The molecule has 6 heteroatoms. The fraction of sp³-hybridized carbons (Fsp3) is 0.733. The number of thioether (sulfide) groups is 1. The van der Waals surface area contributed by atoms with Crippen LogP contribution in [0.4, 0.5) is 4.79 Å². The highest BCUT2D eigenvalue weighted by atomic mass is 32.2. The predicted molar refractivity (Wildman–Crippen MR) is 86.3 cm³/mol. The van der Waals surface area contributed by atoms with Crippen molar-refractivity contribution < 1.29 is 19.1 Å². The summed E-state index contributed by atoms with van der Waals surface area (Å²) < 4.78 is 10.00. The van der Waals surface area contributed by atoms with Gasteiger partial charge in [0.15, 0.2) is 0 Å². The Morgan fingerprint density at radius 1 is 1.24 bits per heavy atom. The summed E-state index contributed by atoms with van der Waals surface area (Å²) in [7, 11) is 0. The summed E-state index contributed by atoms with van der Waals surface area (Å²) in [6.45, 7) is 10.3. The SMILES string of the molecule is C=C(CSC(C)OC(=O)NCCCCCC)C(=O)OCC. The zero-order valence-corrected chi connectivity index (χ0v) is 14.1. The summed E-state index contributed by atoms with van der Waals surface area (Å²) in [5.41, 5.74) is 0.0316. The zero-order chi connectivity index (χ0) is 16.1. The van der Waals surface area contributed by atoms with Crippen molar-refractivity contribution in [2.75, 3.05) is 18.9 Å². The van der Waals surface area contributed by atoms with Gasteiger partial charge in [0, 0.05) is 17.9 Å². The molecule has 0 aliphatic heterocycles. The second kappa shape index (κ2) is 12.6. The molecule has 0 bridgehead atoms. The van der Waals surface area contributed by atoms with E-state index in [0.717, 1.165) is 12.8 Å². The Balaban J connectivity index is 3.73. The Hall–Kier alpha value is -1.17. The molecule has 5 nitrogen and oxygen atoms in total. The van der Waals surface area contributed by atoms with Crippen LogP contribution in [0.5, 0.6) is 0 Å². The molecular formula is C15H27NO4S. The highest BCUT2D eigenvalue weighted by molar-refractivity contribution is 7.99. The van der Waals surface area contributed by atoms with Gasteiger partial charge in [0.25, 0.3) is 0 Å². The Labute approximate surface area is 131 Å². The van der Waals surface area contributed by atoms with Crippen LogP contribution in [-0.4, -0.2) is 36.4 Å². The lowest BCUT2D eigenvalue weighted by atomic mass is 10.2. The molecule has 122 valence electrons. The predicted octanol–water partition coefficient (Wildman–Crippen LogP) is 3.49. The Morgan fingerprint density at radius 2 is 1.95 bits per heavy atom. The highest BCUT2D eigenvalue weighted by Crippen LogP contribution is 2.15. The Kier molecular flexibility index (Phi) is 11.9. The third kappa shape index (κ3) is 11.2. The van der Waals surface area contributed by atoms with Gasteiger partial charge in [0.2, 0.25) is 0 Å². The van der Waals surface area contributed by atoms with Gasteiger partial charge in [-0.25, -0.2) is 9.59 Å². The lowest BCUT2D eigenvalue weighted by molar-refractivity contribution is -0.138. The van der Waals surface area contributed by atoms with Crippen molar-refractivity contribution in [2.45, 2.75) is 51.9 Å². The topological polar surface area (TPSA) is 64.6 Å². The number of carbonyl (C=O) groups excluding carboxylic acids is 2. The number of hydrogen-bond acceptors (Lipinski definition) is 5. The van der Waals surface area contributed by atoms with E-state index in [1.807, 2.05) is 0 Å². The van der Waals surface area contributed by atoms with Crippen LogP contribution in [0.2, 0.25) is 0 Å². The van der Waals surface area contributed by atoms with E-state index >= 15 is 0 Å². The molecule has 0 aliphatic carbocycles. The monoisotopic (exact) mass is 317 g/mol. The minimum atomic E-state index is -0.423. The molecule has 0 saturated heterocycles. The first-order valence-electron chi connectivity index (χ1n) is 7.42. The molecule has 1 atom stereocenters. The molecule has 1 amide bonds. The van der Waals surface area contributed by atoms with Gasteiger partial charge in [0.1, 0.15) is 5.44 Å². The van der Waals surface area contributed by atoms with E-state index in [1.54, 1.807) is 13.8 Å². The zero-order valence-electron chi connectivity index (χ0n) is 13.3. The van der Waals surface area contributed by atoms with Crippen LogP contribution >= 0.6 is 11.8 Å². The second-order valence-electron chi connectivity index (χ2n) is 4.60. The quantitative estimate of drug-likeness (QED) is 0.273. The van der Waals surface area contributed by atoms with Crippen molar-refractivity contribution in [1.29, 1.82) is 0 Å². The first-order valence-corrected chi connectivity index (χ1v) is 8.47. The number of ether oxygens (including phenoxy) is 2. The summed E-state index contributed by atoms with van der Waals surface area (Å²) in [6.07, 6.45) is 4.00. The average molecular weight is 317 g/mol. The van der Waals surface area contributed by atoms with Gasteiger partial charge in [0.05, 0.1) is 6.61 Å². The smallest absolute Gasteiger partial charge is 0.408 e. The van der Waals surface area contributed by atoms with Crippen LogP contribution in [0.15, 0.2) is 12.2 Å². The van der Waals surface area contributed by atoms with Gasteiger partial charge in [-0.15, -0.1) is 11.8 Å². The summed E-state index contributed by atoms with van der Waals surface area (Å²) in [4.78, 5) is 22.9. The number of nitrogens with one attached hydrogen (secondary N) is 1. The molecule has 0 rings (SSSR count). The standard InChI is InChI=1S/C15H27NO4S/c1-5-7-8-9-10-16-15(18)20-13(4)21-11-12(3)14(17)19-6-2/h13H,3,5-11H2,1-2,4H3,(H,16,18). The summed E-state index contributed by atoms with van der Waals surface area (Å²) >= 11 is 1.33. The molecule has 1 unspecified atom stereocenters. The van der Waals surface area contributed by atoms with Crippen molar-refractivity contribution in [3.05, 3.63) is 12.2 Å². The van der Waals surface area contributed by atoms with Gasteiger partial charge >= 0.3 is 12.1 Å². The summed E-state index contributed by atoms with van der Waals surface area (Å²) in [6, 6.07) is 0. The maximum atomic E-state index is 11.5. The molecule has 0 aromatic rings. The van der Waals surface area contributed by atoms with Gasteiger partial charge < -0.3 is 14.8 Å². The third-order valence-corrected chi connectivity index (χ3v) is 3.71. The average Bonchev–Trinajstić information content (AvgIpc) is 2.44. The molecule has 0 radical (unpaired) electrons. The largest absolute Gasteiger partial charge is 0.463 e. The molecule has 0 saturated carbocycles. The molecule has 21 heavy (non-hydrogen) atoms. The van der Waals surface area contributed by atoms with E-state index < -0.39 is 12.1 Å². The van der Waals surface area contributed by atoms with Crippen LogP contribution in [0.3, 0.4) is 0 Å². The first kappa shape index (κ1) is 19.8. The molecule has 0 aliphatic rings. The van der Waals surface area contributed by atoms with E-state index in [0.29, 0.717) is 24.5 Å². The van der Waals surface area contributed by atoms with Crippen molar-refractivity contribution >= 4 is 23.8 Å². The normalized spacial score (nSPS) is 11.6. The van der Waals surface area contributed by atoms with Crippen molar-refractivity contribution in [1.82, 2.24) is 5.32 Å². The minimum Gasteiger partial charge on any atom is -0.463 e. The number of amides is 1. The van der Waals surface area contributed by atoms with Crippen LogP contribution < -0.4 is 5.32 Å². The number of esters is 1. The van der Waals surface area contributed by atoms with Crippen molar-refractivity contribution in [3.63, 3.8) is 0 Å². The molecule has 0 aromatic carbocycles. The summed E-state index contributed by atoms with van der Waals surface area (Å²) in [5, 5.41) is 2.71. The molecule has 0 heterocycles. The number of unbranched alkanes of at least 4 members (excludes halogenated alkanes) is 3. The third-order valence-electron chi connectivity index (χ3n) is 2.63. The summed E-state index contributed by atoms with van der Waals surface area (Å²) in [5.74, 6) is -0.0263. The van der Waals surface area contributed by atoms with E-state index in [1.165, 1.54) is 24.6 Å². The lowest BCUT2D eigenvalue weighted by Crippen LogP contribution is -2.28. The fourth-order valence-electron chi connectivity index (χ4n) is 1.48. The van der Waals surface area contributed by atoms with E-state index in [9.17, 15) is 9.59 Å². The maximum Gasteiger partial charge on any atom is 0.408 e. The van der Waals surface area contributed by atoms with Gasteiger partial charge in [-0.1, -0.05) is 32.8 Å². The molecule has 0 spiro atoms. The molecule has 1 N–H and O–H groups in total. The van der Waals surface area contributed by atoms with Gasteiger partial charge in [-0.2, -0.15) is 0 Å². The Morgan fingerprint density at radius 3 is 2.57 bits per heavy atom. The lowest BCUT2D eigenvalue weighted by Gasteiger charge is -2.14. The number of rotatable bonds is 11. The number of alkyl carbamates (subject to hydrolysis) is 1. The molecular weight excluding hydrogens is 290 g/mol. The minimum absolute atomic E-state index is 0.328. The van der Waals surface area contributed by atoms with E-state index in [2.05, 4.69) is 18.8 Å². The van der Waals surface area contributed by atoms with Crippen LogP contribution in [0.1, 0.15) is 46.5 Å².